The maximum absolute atomic E-state index is 11.9. The summed E-state index contributed by atoms with van der Waals surface area (Å²) in [6.45, 7) is 15.0. The molecule has 0 aliphatic heterocycles. The van der Waals surface area contributed by atoms with Crippen LogP contribution in [0.25, 0.3) is 0 Å². The molecule has 60 heavy (non-hydrogen) atoms. The zero-order valence-corrected chi connectivity index (χ0v) is 37.8. The first-order chi connectivity index (χ1) is 29.8. The standard InChI is InChI=1S/C44H88O16/c1-2-3-4-5-6-7-8-9-10-11-12-13-14-15-44(46)60-43-42-59-41-40-58-39-38-57-37-36-56-35-34-55-33-32-54-31-30-53-29-28-52-27-26-51-25-24-50-23-22-49-21-20-48-19-18-47-17-16-45/h45H,2-43H2,1H3. The number of hydrogen-bond donors (Lipinski definition) is 1. The SMILES string of the molecule is CCCCCCCCCCCCCCCC(=O)OCCOCCOCCOCCOCCOCCOCCOCCOCCOCCOCCOCCOCCOCCO. The van der Waals surface area contributed by atoms with E-state index < -0.39 is 0 Å². The van der Waals surface area contributed by atoms with Gasteiger partial charge >= 0.3 is 5.97 Å². The normalized spacial score (nSPS) is 11.6. The molecule has 0 aromatic carbocycles. The number of ether oxygens (including phenoxy) is 14. The molecule has 16 heteroatoms. The van der Waals surface area contributed by atoms with Crippen LogP contribution in [-0.2, 0) is 71.1 Å². The molecule has 1 N–H and O–H groups in total. The summed E-state index contributed by atoms with van der Waals surface area (Å²) >= 11 is 0. The average molecular weight is 873 g/mol. The van der Waals surface area contributed by atoms with E-state index in [9.17, 15) is 4.79 Å². The predicted molar refractivity (Wildman–Crippen MR) is 229 cm³/mol. The molecule has 0 radical (unpaired) electrons. The summed E-state index contributed by atoms with van der Waals surface area (Å²) in [5, 5.41) is 8.60. The molecule has 0 amide bonds. The maximum Gasteiger partial charge on any atom is 0.305 e. The second-order valence-electron chi connectivity index (χ2n) is 13.9. The quantitative estimate of drug-likeness (QED) is 0.0624. The number of rotatable bonds is 55. The van der Waals surface area contributed by atoms with Gasteiger partial charge in [0.05, 0.1) is 178 Å². The summed E-state index contributed by atoms with van der Waals surface area (Å²) < 4.78 is 76.0. The molecule has 0 aliphatic carbocycles. The highest BCUT2D eigenvalue weighted by Crippen LogP contribution is 2.13. The van der Waals surface area contributed by atoms with Crippen LogP contribution in [0.15, 0.2) is 0 Å². The molecule has 0 saturated carbocycles. The second kappa shape index (κ2) is 55.9. The molecule has 0 fully saturated rings. The fourth-order valence-corrected chi connectivity index (χ4v) is 5.38. The van der Waals surface area contributed by atoms with Crippen molar-refractivity contribution in [3.8, 4) is 0 Å². The highest BCUT2D eigenvalue weighted by atomic mass is 16.6. The van der Waals surface area contributed by atoms with Crippen molar-refractivity contribution < 1.29 is 76.2 Å². The number of aliphatic hydroxyl groups excluding tert-OH is 1. The van der Waals surface area contributed by atoms with Crippen LogP contribution in [0.2, 0.25) is 0 Å². The van der Waals surface area contributed by atoms with Gasteiger partial charge in [0, 0.05) is 6.42 Å². The summed E-state index contributed by atoms with van der Waals surface area (Å²) in [4.78, 5) is 11.9. The number of unbranched alkanes of at least 4 members (excludes halogenated alkanes) is 12. The van der Waals surface area contributed by atoms with E-state index in [-0.39, 0.29) is 19.2 Å². The first-order valence-electron chi connectivity index (χ1n) is 23.1. The number of carbonyl (C=O) groups excluding carboxylic acids is 1. The third-order valence-electron chi connectivity index (χ3n) is 8.67. The van der Waals surface area contributed by atoms with Gasteiger partial charge in [0.25, 0.3) is 0 Å². The fraction of sp³-hybridized carbons (Fsp3) is 0.977. The lowest BCUT2D eigenvalue weighted by atomic mass is 10.0. The van der Waals surface area contributed by atoms with Gasteiger partial charge in [0.2, 0.25) is 0 Å². The minimum atomic E-state index is -0.135. The smallest absolute Gasteiger partial charge is 0.305 e. The monoisotopic (exact) mass is 873 g/mol. The van der Waals surface area contributed by atoms with Gasteiger partial charge in [-0.2, -0.15) is 0 Å². The van der Waals surface area contributed by atoms with Crippen LogP contribution in [0, 0.1) is 0 Å². The molecule has 0 atom stereocenters. The van der Waals surface area contributed by atoms with E-state index in [1.54, 1.807) is 0 Å². The van der Waals surface area contributed by atoms with E-state index in [1.165, 1.54) is 70.6 Å². The van der Waals surface area contributed by atoms with E-state index in [0.29, 0.717) is 178 Å². The van der Waals surface area contributed by atoms with Gasteiger partial charge in [-0.15, -0.1) is 0 Å². The molecule has 16 nitrogen and oxygen atoms in total. The molecule has 360 valence electrons. The molecule has 0 aromatic rings. The lowest BCUT2D eigenvalue weighted by Gasteiger charge is -2.09. The van der Waals surface area contributed by atoms with Crippen molar-refractivity contribution in [2.24, 2.45) is 0 Å². The molecule has 0 saturated heterocycles. The van der Waals surface area contributed by atoms with Gasteiger partial charge in [0.1, 0.15) is 6.61 Å². The fourth-order valence-electron chi connectivity index (χ4n) is 5.38. The largest absolute Gasteiger partial charge is 0.463 e. The predicted octanol–water partition coefficient (Wildman–Crippen LogP) is 5.22. The van der Waals surface area contributed by atoms with E-state index in [4.69, 9.17) is 71.4 Å². The Morgan fingerprint density at radius 3 is 0.717 bits per heavy atom. The summed E-state index contributed by atoms with van der Waals surface area (Å²) in [5.41, 5.74) is 0. The summed E-state index contributed by atoms with van der Waals surface area (Å²) in [5.74, 6) is -0.135. The molecule has 0 bridgehead atoms. The topological polar surface area (TPSA) is 167 Å². The van der Waals surface area contributed by atoms with Crippen LogP contribution < -0.4 is 0 Å². The van der Waals surface area contributed by atoms with Gasteiger partial charge in [-0.1, -0.05) is 84.0 Å². The molecule has 0 spiro atoms. The molecule has 0 aliphatic rings. The number of aliphatic hydroxyl groups is 1. The third-order valence-corrected chi connectivity index (χ3v) is 8.67. The van der Waals surface area contributed by atoms with E-state index in [2.05, 4.69) is 6.92 Å². The van der Waals surface area contributed by atoms with Gasteiger partial charge < -0.3 is 71.4 Å². The minimum absolute atomic E-state index is 0.0217. The lowest BCUT2D eigenvalue weighted by molar-refractivity contribution is -0.145. The summed E-state index contributed by atoms with van der Waals surface area (Å²) in [6.07, 6.45) is 17.3. The van der Waals surface area contributed by atoms with Crippen molar-refractivity contribution >= 4 is 5.97 Å². The number of hydrogen-bond acceptors (Lipinski definition) is 16. The molecular weight excluding hydrogens is 784 g/mol. The number of esters is 1. The second-order valence-corrected chi connectivity index (χ2v) is 13.9. The van der Waals surface area contributed by atoms with E-state index in [0.717, 1.165) is 12.8 Å². The van der Waals surface area contributed by atoms with Crippen LogP contribution in [0.5, 0.6) is 0 Å². The average Bonchev–Trinajstić information content (AvgIpc) is 3.25. The Balaban J connectivity index is 3.11. The molecule has 0 aromatic heterocycles. The highest BCUT2D eigenvalue weighted by Gasteiger charge is 2.03. The highest BCUT2D eigenvalue weighted by molar-refractivity contribution is 5.69. The van der Waals surface area contributed by atoms with Crippen molar-refractivity contribution in [1.82, 2.24) is 0 Å². The first-order valence-corrected chi connectivity index (χ1v) is 23.1. The van der Waals surface area contributed by atoms with Crippen LogP contribution in [0.3, 0.4) is 0 Å². The van der Waals surface area contributed by atoms with Crippen molar-refractivity contribution in [3.63, 3.8) is 0 Å². The van der Waals surface area contributed by atoms with Crippen molar-refractivity contribution in [3.05, 3.63) is 0 Å². The Morgan fingerprint density at radius 1 is 0.283 bits per heavy atom. The Kier molecular flexibility index (Phi) is 54.9. The lowest BCUT2D eigenvalue weighted by Crippen LogP contribution is -2.16. The molecule has 0 unspecified atom stereocenters. The van der Waals surface area contributed by atoms with Gasteiger partial charge in [0.15, 0.2) is 0 Å². The van der Waals surface area contributed by atoms with Crippen LogP contribution >= 0.6 is 0 Å². The Bertz CT molecular complexity index is 785. The van der Waals surface area contributed by atoms with E-state index >= 15 is 0 Å². The van der Waals surface area contributed by atoms with E-state index in [1.807, 2.05) is 0 Å². The number of carbonyl (C=O) groups is 1. The summed E-state index contributed by atoms with van der Waals surface area (Å²) in [7, 11) is 0. The van der Waals surface area contributed by atoms with Crippen molar-refractivity contribution in [2.75, 3.05) is 185 Å². The van der Waals surface area contributed by atoms with Crippen LogP contribution in [0.1, 0.15) is 96.8 Å². The molecule has 0 rings (SSSR count). The van der Waals surface area contributed by atoms with Gasteiger partial charge in [-0.05, 0) is 6.42 Å². The Labute approximate surface area is 363 Å². The molecular formula is C44H88O16. The van der Waals surface area contributed by atoms with Crippen molar-refractivity contribution in [1.29, 1.82) is 0 Å². The van der Waals surface area contributed by atoms with Gasteiger partial charge in [-0.3, -0.25) is 4.79 Å². The minimum Gasteiger partial charge on any atom is -0.463 e. The Hall–Kier alpha value is -1.09. The Morgan fingerprint density at radius 2 is 0.483 bits per heavy atom. The van der Waals surface area contributed by atoms with Gasteiger partial charge in [-0.25, -0.2) is 0 Å². The summed E-state index contributed by atoms with van der Waals surface area (Å²) in [6, 6.07) is 0. The molecule has 0 heterocycles. The van der Waals surface area contributed by atoms with Crippen LogP contribution in [0.4, 0.5) is 0 Å². The van der Waals surface area contributed by atoms with Crippen LogP contribution in [-0.4, -0.2) is 196 Å². The third kappa shape index (κ3) is 54.9. The zero-order valence-electron chi connectivity index (χ0n) is 37.8. The van der Waals surface area contributed by atoms with Crippen molar-refractivity contribution in [2.45, 2.75) is 96.8 Å². The zero-order chi connectivity index (χ0) is 43.2. The maximum atomic E-state index is 11.9. The first kappa shape index (κ1) is 58.9.